The second-order valence-corrected chi connectivity index (χ2v) is 5.74. The number of rotatable bonds is 3. The monoisotopic (exact) mass is 330 g/mol. The molecule has 0 saturated heterocycles. The summed E-state index contributed by atoms with van der Waals surface area (Å²) in [4.78, 5) is 7.75. The van der Waals surface area contributed by atoms with Crippen molar-refractivity contribution < 1.29 is 0 Å². The Morgan fingerprint density at radius 3 is 2.86 bits per heavy atom. The van der Waals surface area contributed by atoms with Crippen molar-refractivity contribution >= 4 is 45.7 Å². The van der Waals surface area contributed by atoms with Crippen LogP contribution in [0.1, 0.15) is 11.4 Å². The molecule has 0 aliphatic heterocycles. The van der Waals surface area contributed by atoms with Crippen LogP contribution in [0.2, 0.25) is 5.02 Å². The van der Waals surface area contributed by atoms with E-state index in [4.69, 9.17) is 23.8 Å². The summed E-state index contributed by atoms with van der Waals surface area (Å²) in [7, 11) is 0. The van der Waals surface area contributed by atoms with Crippen molar-refractivity contribution in [1.29, 1.82) is 0 Å². The van der Waals surface area contributed by atoms with Crippen molar-refractivity contribution in [3.05, 3.63) is 58.9 Å². The van der Waals surface area contributed by atoms with E-state index in [0.717, 1.165) is 28.1 Å². The molecule has 0 amide bonds. The minimum atomic E-state index is 0.528. The van der Waals surface area contributed by atoms with Crippen molar-refractivity contribution in [2.45, 2.75) is 13.5 Å². The molecule has 4 nitrogen and oxygen atoms in total. The fraction of sp³-hybridized carbons (Fsp3) is 0.125. The molecule has 0 aliphatic rings. The van der Waals surface area contributed by atoms with Gasteiger partial charge in [0.05, 0.1) is 17.6 Å². The summed E-state index contributed by atoms with van der Waals surface area (Å²) in [6.45, 7) is 2.48. The minimum absolute atomic E-state index is 0.528. The van der Waals surface area contributed by atoms with Crippen LogP contribution in [-0.2, 0) is 6.54 Å². The molecule has 112 valence electrons. The lowest BCUT2D eigenvalue weighted by Crippen LogP contribution is -2.28. The van der Waals surface area contributed by atoms with Crippen LogP contribution in [-0.4, -0.2) is 15.1 Å². The van der Waals surface area contributed by atoms with Crippen molar-refractivity contribution in [1.82, 2.24) is 15.3 Å². The zero-order chi connectivity index (χ0) is 15.5. The van der Waals surface area contributed by atoms with Crippen LogP contribution in [0, 0.1) is 6.92 Å². The van der Waals surface area contributed by atoms with E-state index in [-0.39, 0.29) is 0 Å². The maximum absolute atomic E-state index is 6.10. The van der Waals surface area contributed by atoms with Gasteiger partial charge in [0.25, 0.3) is 0 Å². The van der Waals surface area contributed by atoms with Gasteiger partial charge in [0, 0.05) is 10.7 Å². The van der Waals surface area contributed by atoms with Gasteiger partial charge < -0.3 is 15.6 Å². The van der Waals surface area contributed by atoms with Crippen LogP contribution < -0.4 is 10.6 Å². The lowest BCUT2D eigenvalue weighted by Gasteiger charge is -2.12. The van der Waals surface area contributed by atoms with E-state index < -0.39 is 0 Å². The Hall–Kier alpha value is -2.11. The number of thiocarbonyl (C=S) groups is 1. The van der Waals surface area contributed by atoms with Gasteiger partial charge in [0.2, 0.25) is 0 Å². The highest BCUT2D eigenvalue weighted by Gasteiger charge is 2.05. The smallest absolute Gasteiger partial charge is 0.171 e. The molecule has 0 fully saturated rings. The summed E-state index contributed by atoms with van der Waals surface area (Å²) in [6, 6.07) is 13.6. The maximum Gasteiger partial charge on any atom is 0.171 e. The highest BCUT2D eigenvalue weighted by atomic mass is 35.5. The normalized spacial score (nSPS) is 10.6. The molecule has 2 aromatic carbocycles. The first-order valence-electron chi connectivity index (χ1n) is 6.87. The van der Waals surface area contributed by atoms with Crippen molar-refractivity contribution in [3.63, 3.8) is 0 Å². The van der Waals surface area contributed by atoms with Crippen LogP contribution in [0.3, 0.4) is 0 Å². The zero-order valence-electron chi connectivity index (χ0n) is 12.0. The summed E-state index contributed by atoms with van der Waals surface area (Å²) in [6.07, 6.45) is 0. The number of H-pyrrole nitrogens is 1. The van der Waals surface area contributed by atoms with Gasteiger partial charge in [-0.15, -0.1) is 0 Å². The number of hydrogen-bond acceptors (Lipinski definition) is 2. The molecular weight excluding hydrogens is 316 g/mol. The third-order valence-electron chi connectivity index (χ3n) is 3.37. The third-order valence-corrected chi connectivity index (χ3v) is 4.03. The SMILES string of the molecule is Cc1c(Cl)cccc1NC(=S)NCc1nc2ccccc2[nH]1. The molecule has 3 rings (SSSR count). The van der Waals surface area contributed by atoms with Crippen molar-refractivity contribution in [2.24, 2.45) is 0 Å². The Kier molecular flexibility index (Phi) is 4.27. The predicted octanol–water partition coefficient (Wildman–Crippen LogP) is 4.01. The van der Waals surface area contributed by atoms with Gasteiger partial charge in [0.15, 0.2) is 5.11 Å². The highest BCUT2D eigenvalue weighted by molar-refractivity contribution is 7.80. The number of nitrogens with zero attached hydrogens (tertiary/aromatic N) is 1. The number of imidazole rings is 1. The van der Waals surface area contributed by atoms with E-state index >= 15 is 0 Å². The lowest BCUT2D eigenvalue weighted by molar-refractivity contribution is 0.859. The molecule has 0 saturated carbocycles. The Labute approximate surface area is 138 Å². The molecular formula is C16H15ClN4S. The fourth-order valence-corrected chi connectivity index (χ4v) is 2.52. The number of para-hydroxylation sites is 2. The number of aromatic amines is 1. The molecule has 0 bridgehead atoms. The number of anilines is 1. The summed E-state index contributed by atoms with van der Waals surface area (Å²) in [5, 5.41) is 7.53. The van der Waals surface area contributed by atoms with E-state index in [1.54, 1.807) is 0 Å². The molecule has 3 N–H and O–H groups in total. The van der Waals surface area contributed by atoms with Crippen LogP contribution in [0.15, 0.2) is 42.5 Å². The lowest BCUT2D eigenvalue weighted by atomic mass is 10.2. The van der Waals surface area contributed by atoms with Gasteiger partial charge in [-0.25, -0.2) is 4.98 Å². The van der Waals surface area contributed by atoms with E-state index in [1.807, 2.05) is 49.4 Å². The summed E-state index contributed by atoms with van der Waals surface area (Å²) < 4.78 is 0. The quantitative estimate of drug-likeness (QED) is 0.635. The molecule has 1 heterocycles. The molecule has 22 heavy (non-hydrogen) atoms. The Morgan fingerprint density at radius 1 is 1.23 bits per heavy atom. The van der Waals surface area contributed by atoms with Gasteiger partial charge in [0.1, 0.15) is 5.82 Å². The predicted molar refractivity (Wildman–Crippen MR) is 95.3 cm³/mol. The van der Waals surface area contributed by atoms with Crippen molar-refractivity contribution in [2.75, 3.05) is 5.32 Å². The number of hydrogen-bond donors (Lipinski definition) is 3. The Balaban J connectivity index is 1.63. The molecule has 0 spiro atoms. The number of aromatic nitrogens is 2. The van der Waals surface area contributed by atoms with Crippen molar-refractivity contribution in [3.8, 4) is 0 Å². The maximum atomic E-state index is 6.10. The van der Waals surface area contributed by atoms with Gasteiger partial charge in [-0.05, 0) is 49.0 Å². The Morgan fingerprint density at radius 2 is 2.05 bits per heavy atom. The van der Waals surface area contributed by atoms with E-state index in [9.17, 15) is 0 Å². The average molecular weight is 331 g/mol. The molecule has 6 heteroatoms. The molecule has 0 radical (unpaired) electrons. The van der Waals surface area contributed by atoms with E-state index in [1.165, 1.54) is 0 Å². The standard InChI is InChI=1S/C16H15ClN4S/c1-10-11(17)5-4-8-12(10)21-16(22)18-9-15-19-13-6-2-3-7-14(13)20-15/h2-8H,9H2,1H3,(H,19,20)(H2,18,21,22). The first kappa shape index (κ1) is 14.8. The van der Waals surface area contributed by atoms with Gasteiger partial charge in [-0.3, -0.25) is 0 Å². The molecule has 0 aliphatic carbocycles. The molecule has 0 unspecified atom stereocenters. The van der Waals surface area contributed by atoms with Crippen LogP contribution >= 0.6 is 23.8 Å². The highest BCUT2D eigenvalue weighted by Crippen LogP contribution is 2.22. The summed E-state index contributed by atoms with van der Waals surface area (Å²) >= 11 is 11.4. The van der Waals surface area contributed by atoms with Gasteiger partial charge >= 0.3 is 0 Å². The number of fused-ring (bicyclic) bond motifs is 1. The Bertz CT molecular complexity index is 795. The van der Waals surface area contributed by atoms with Gasteiger partial charge in [-0.1, -0.05) is 29.8 Å². The number of halogens is 1. The van der Waals surface area contributed by atoms with Crippen LogP contribution in [0.4, 0.5) is 5.69 Å². The zero-order valence-corrected chi connectivity index (χ0v) is 13.6. The van der Waals surface area contributed by atoms with E-state index in [2.05, 4.69) is 20.6 Å². The van der Waals surface area contributed by atoms with Crippen LogP contribution in [0.5, 0.6) is 0 Å². The van der Waals surface area contributed by atoms with Gasteiger partial charge in [-0.2, -0.15) is 0 Å². The largest absolute Gasteiger partial charge is 0.355 e. The topological polar surface area (TPSA) is 52.7 Å². The first-order chi connectivity index (χ1) is 10.6. The summed E-state index contributed by atoms with van der Waals surface area (Å²) in [5.74, 6) is 0.841. The molecule has 1 aromatic heterocycles. The molecule has 3 aromatic rings. The second-order valence-electron chi connectivity index (χ2n) is 4.92. The molecule has 0 atom stereocenters. The van der Waals surface area contributed by atoms with E-state index in [0.29, 0.717) is 16.7 Å². The summed E-state index contributed by atoms with van der Waals surface area (Å²) in [5.41, 5.74) is 3.83. The number of nitrogens with one attached hydrogen (secondary N) is 3. The second kappa shape index (κ2) is 6.34. The third kappa shape index (κ3) is 3.21. The van der Waals surface area contributed by atoms with Crippen LogP contribution in [0.25, 0.3) is 11.0 Å². The number of benzene rings is 2. The minimum Gasteiger partial charge on any atom is -0.355 e. The fourth-order valence-electron chi connectivity index (χ4n) is 2.16. The average Bonchev–Trinajstić information content (AvgIpc) is 2.93. The first-order valence-corrected chi connectivity index (χ1v) is 7.66.